The van der Waals surface area contributed by atoms with Crippen LogP contribution in [0.15, 0.2) is 18.2 Å². The van der Waals surface area contributed by atoms with E-state index in [2.05, 4.69) is 0 Å². The van der Waals surface area contributed by atoms with Crippen molar-refractivity contribution in [2.45, 2.75) is 13.3 Å². The second kappa shape index (κ2) is 10.2. The van der Waals surface area contributed by atoms with Crippen LogP contribution >= 0.6 is 0 Å². The van der Waals surface area contributed by atoms with Crippen LogP contribution in [0, 0.1) is 0 Å². The van der Waals surface area contributed by atoms with Crippen molar-refractivity contribution in [3.63, 3.8) is 0 Å². The number of carbonyl (C=O) groups excluding carboxylic acids is 1. The van der Waals surface area contributed by atoms with Crippen LogP contribution in [0.3, 0.4) is 0 Å². The van der Waals surface area contributed by atoms with Crippen LogP contribution in [-0.2, 0) is 9.47 Å². The monoisotopic (exact) mass is 282 g/mol. The summed E-state index contributed by atoms with van der Waals surface area (Å²) in [6.07, 6.45) is 1.65. The van der Waals surface area contributed by atoms with Gasteiger partial charge < -0.3 is 18.9 Å². The number of rotatable bonds is 11. The zero-order chi connectivity index (χ0) is 14.6. The fourth-order valence-electron chi connectivity index (χ4n) is 1.60. The Hall–Kier alpha value is -1.59. The molecule has 1 aromatic carbocycles. The molecule has 0 aromatic heterocycles. The molecule has 5 heteroatoms. The van der Waals surface area contributed by atoms with Gasteiger partial charge in [0.05, 0.1) is 13.2 Å². The summed E-state index contributed by atoms with van der Waals surface area (Å²) in [5.74, 6) is 1.20. The van der Waals surface area contributed by atoms with Crippen molar-refractivity contribution in [2.24, 2.45) is 0 Å². The van der Waals surface area contributed by atoms with Gasteiger partial charge in [0, 0.05) is 25.9 Å². The zero-order valence-corrected chi connectivity index (χ0v) is 12.1. The van der Waals surface area contributed by atoms with Crippen LogP contribution in [0.5, 0.6) is 11.5 Å². The van der Waals surface area contributed by atoms with Gasteiger partial charge in [-0.05, 0) is 31.5 Å². The molecule has 0 aliphatic rings. The van der Waals surface area contributed by atoms with Gasteiger partial charge in [0.25, 0.3) is 0 Å². The number of hydrogen-bond donors (Lipinski definition) is 0. The maximum Gasteiger partial charge on any atom is 0.161 e. The van der Waals surface area contributed by atoms with Gasteiger partial charge in [-0.15, -0.1) is 0 Å². The van der Waals surface area contributed by atoms with Crippen molar-refractivity contribution in [1.29, 1.82) is 0 Å². The molecule has 0 fully saturated rings. The average Bonchev–Trinajstić information content (AvgIpc) is 2.47. The van der Waals surface area contributed by atoms with E-state index in [-0.39, 0.29) is 0 Å². The van der Waals surface area contributed by atoms with E-state index in [4.69, 9.17) is 18.9 Å². The molecule has 0 saturated carbocycles. The number of hydrogen-bond acceptors (Lipinski definition) is 5. The first-order valence-electron chi connectivity index (χ1n) is 6.73. The maximum absolute atomic E-state index is 10.7. The number of ether oxygens (including phenoxy) is 4. The lowest BCUT2D eigenvalue weighted by Gasteiger charge is -2.12. The highest BCUT2D eigenvalue weighted by Crippen LogP contribution is 2.27. The van der Waals surface area contributed by atoms with E-state index in [1.165, 1.54) is 0 Å². The van der Waals surface area contributed by atoms with Crippen molar-refractivity contribution in [3.05, 3.63) is 23.8 Å². The minimum atomic E-state index is 0.438. The highest BCUT2D eigenvalue weighted by Gasteiger charge is 2.06. The Morgan fingerprint density at radius 3 is 2.60 bits per heavy atom. The minimum absolute atomic E-state index is 0.438. The third-order valence-electron chi connectivity index (χ3n) is 2.53. The normalized spacial score (nSPS) is 10.3. The van der Waals surface area contributed by atoms with E-state index in [1.54, 1.807) is 25.3 Å². The number of methoxy groups -OCH3 is 1. The summed E-state index contributed by atoms with van der Waals surface area (Å²) in [5, 5.41) is 0. The molecule has 0 atom stereocenters. The summed E-state index contributed by atoms with van der Waals surface area (Å²) >= 11 is 0. The van der Waals surface area contributed by atoms with Crippen LogP contribution in [0.4, 0.5) is 0 Å². The summed E-state index contributed by atoms with van der Waals surface area (Å²) in [7, 11) is 1.67. The largest absolute Gasteiger partial charge is 0.490 e. The van der Waals surface area contributed by atoms with Gasteiger partial charge in [0.15, 0.2) is 11.5 Å². The number of benzene rings is 1. The van der Waals surface area contributed by atoms with Crippen LogP contribution in [0.2, 0.25) is 0 Å². The van der Waals surface area contributed by atoms with Gasteiger partial charge in [0.1, 0.15) is 12.9 Å². The molecule has 0 radical (unpaired) electrons. The lowest BCUT2D eigenvalue weighted by atomic mass is 10.2. The van der Waals surface area contributed by atoms with Crippen LogP contribution in [-0.4, -0.2) is 46.4 Å². The Labute approximate surface area is 119 Å². The molecule has 0 unspecified atom stereocenters. The van der Waals surface area contributed by atoms with Crippen molar-refractivity contribution in [1.82, 2.24) is 0 Å². The summed E-state index contributed by atoms with van der Waals surface area (Å²) in [6.45, 7) is 4.70. The first kappa shape index (κ1) is 16.5. The lowest BCUT2D eigenvalue weighted by molar-refractivity contribution is 0.0797. The van der Waals surface area contributed by atoms with E-state index in [0.29, 0.717) is 50.1 Å². The van der Waals surface area contributed by atoms with Crippen molar-refractivity contribution >= 4 is 6.29 Å². The van der Waals surface area contributed by atoms with Crippen molar-refractivity contribution in [2.75, 3.05) is 40.1 Å². The van der Waals surface area contributed by atoms with Crippen LogP contribution < -0.4 is 9.47 Å². The Balaban J connectivity index is 2.36. The second-order valence-electron chi connectivity index (χ2n) is 4.06. The second-order valence-corrected chi connectivity index (χ2v) is 4.06. The fourth-order valence-corrected chi connectivity index (χ4v) is 1.60. The maximum atomic E-state index is 10.7. The molecule has 0 N–H and O–H groups in total. The van der Waals surface area contributed by atoms with Gasteiger partial charge in [0.2, 0.25) is 0 Å². The molecule has 0 bridgehead atoms. The highest BCUT2D eigenvalue weighted by molar-refractivity contribution is 5.76. The fraction of sp³-hybridized carbons (Fsp3) is 0.533. The molecule has 112 valence electrons. The predicted molar refractivity (Wildman–Crippen MR) is 75.8 cm³/mol. The third kappa shape index (κ3) is 6.04. The highest BCUT2D eigenvalue weighted by atomic mass is 16.5. The summed E-state index contributed by atoms with van der Waals surface area (Å²) in [4.78, 5) is 10.7. The van der Waals surface area contributed by atoms with Gasteiger partial charge in [-0.1, -0.05) is 0 Å². The molecule has 20 heavy (non-hydrogen) atoms. The van der Waals surface area contributed by atoms with Gasteiger partial charge in [-0.3, -0.25) is 4.79 Å². The van der Waals surface area contributed by atoms with Crippen LogP contribution in [0.25, 0.3) is 0 Å². The minimum Gasteiger partial charge on any atom is -0.490 e. The quantitative estimate of drug-likeness (QED) is 0.460. The zero-order valence-electron chi connectivity index (χ0n) is 12.1. The topological polar surface area (TPSA) is 54.0 Å². The molecule has 0 spiro atoms. The first-order valence-corrected chi connectivity index (χ1v) is 6.73. The lowest BCUT2D eigenvalue weighted by Crippen LogP contribution is -2.09. The molecule has 1 aromatic rings. The molecule has 0 saturated heterocycles. The summed E-state index contributed by atoms with van der Waals surface area (Å²) in [5.41, 5.74) is 0.566. The van der Waals surface area contributed by atoms with Crippen molar-refractivity contribution < 1.29 is 23.7 Å². The van der Waals surface area contributed by atoms with E-state index < -0.39 is 0 Å². The van der Waals surface area contributed by atoms with E-state index >= 15 is 0 Å². The SMILES string of the molecule is CCOc1cc(C=O)ccc1OCCOCCCOC. The summed E-state index contributed by atoms with van der Waals surface area (Å²) in [6, 6.07) is 5.11. The predicted octanol–water partition coefficient (Wildman–Crippen LogP) is 2.33. The first-order chi connectivity index (χ1) is 9.81. The Morgan fingerprint density at radius 1 is 1.05 bits per heavy atom. The molecule has 0 heterocycles. The van der Waals surface area contributed by atoms with Crippen molar-refractivity contribution in [3.8, 4) is 11.5 Å². The Bertz CT molecular complexity index is 392. The van der Waals surface area contributed by atoms with E-state index in [1.807, 2.05) is 6.92 Å². The average molecular weight is 282 g/mol. The number of carbonyl (C=O) groups is 1. The van der Waals surface area contributed by atoms with Gasteiger partial charge in [-0.2, -0.15) is 0 Å². The van der Waals surface area contributed by atoms with Gasteiger partial charge >= 0.3 is 0 Å². The molecule has 0 amide bonds. The molecular weight excluding hydrogens is 260 g/mol. The Kier molecular flexibility index (Phi) is 8.42. The van der Waals surface area contributed by atoms with E-state index in [0.717, 1.165) is 12.7 Å². The third-order valence-corrected chi connectivity index (χ3v) is 2.53. The standard InChI is InChI=1S/C15H22O5/c1-3-19-15-11-13(12-16)5-6-14(15)20-10-9-18-8-4-7-17-2/h5-6,11-12H,3-4,7-10H2,1-2H3. The molecule has 0 aliphatic carbocycles. The smallest absolute Gasteiger partial charge is 0.161 e. The Morgan fingerprint density at radius 2 is 1.90 bits per heavy atom. The molecular formula is C15H22O5. The van der Waals surface area contributed by atoms with E-state index in [9.17, 15) is 4.79 Å². The molecule has 0 aliphatic heterocycles. The molecule has 1 rings (SSSR count). The number of aldehydes is 1. The van der Waals surface area contributed by atoms with Crippen LogP contribution in [0.1, 0.15) is 23.7 Å². The summed E-state index contributed by atoms with van der Waals surface area (Å²) < 4.78 is 21.4. The van der Waals surface area contributed by atoms with Gasteiger partial charge in [-0.25, -0.2) is 0 Å². The molecule has 5 nitrogen and oxygen atoms in total.